The summed E-state index contributed by atoms with van der Waals surface area (Å²) in [4.78, 5) is 29.0. The Labute approximate surface area is 216 Å². The Kier molecular flexibility index (Phi) is 8.75. The predicted molar refractivity (Wildman–Crippen MR) is 138 cm³/mol. The van der Waals surface area contributed by atoms with Gasteiger partial charge < -0.3 is 10.2 Å². The van der Waals surface area contributed by atoms with Crippen LogP contribution in [0.3, 0.4) is 0 Å². The molecule has 8 heteroatoms. The third-order valence-electron chi connectivity index (χ3n) is 6.78. The number of benzene rings is 2. The van der Waals surface area contributed by atoms with E-state index in [2.05, 4.69) is 10.4 Å². The first kappa shape index (κ1) is 25.9. The van der Waals surface area contributed by atoms with Crippen molar-refractivity contribution in [1.82, 2.24) is 20.0 Å². The molecule has 36 heavy (non-hydrogen) atoms. The Morgan fingerprint density at radius 1 is 1.11 bits per heavy atom. The van der Waals surface area contributed by atoms with Gasteiger partial charge in [-0.25, -0.2) is 4.39 Å². The average Bonchev–Trinajstić information content (AvgIpc) is 3.29. The van der Waals surface area contributed by atoms with Gasteiger partial charge in [0.05, 0.1) is 0 Å². The second kappa shape index (κ2) is 12.2. The molecule has 1 heterocycles. The van der Waals surface area contributed by atoms with Crippen LogP contribution in [0.25, 0.3) is 0 Å². The van der Waals surface area contributed by atoms with Crippen molar-refractivity contribution in [2.45, 2.75) is 70.6 Å². The van der Waals surface area contributed by atoms with Crippen molar-refractivity contribution in [2.75, 3.05) is 0 Å². The van der Waals surface area contributed by atoms with E-state index in [4.69, 9.17) is 11.6 Å². The van der Waals surface area contributed by atoms with Crippen LogP contribution < -0.4 is 5.32 Å². The van der Waals surface area contributed by atoms with Gasteiger partial charge in [-0.15, -0.1) is 0 Å². The zero-order valence-corrected chi connectivity index (χ0v) is 21.3. The van der Waals surface area contributed by atoms with Gasteiger partial charge in [0.15, 0.2) is 0 Å². The summed E-state index contributed by atoms with van der Waals surface area (Å²) in [6.45, 7) is 2.46. The lowest BCUT2D eigenvalue weighted by Gasteiger charge is -2.34. The lowest BCUT2D eigenvalue weighted by atomic mass is 9.94. The number of hydrogen-bond acceptors (Lipinski definition) is 3. The number of aryl methyl sites for hydroxylation is 2. The molecule has 0 radical (unpaired) electrons. The Morgan fingerprint density at radius 2 is 1.83 bits per heavy atom. The van der Waals surface area contributed by atoms with E-state index in [9.17, 15) is 14.0 Å². The minimum atomic E-state index is -0.921. The SMILES string of the molecule is Cc1ccnn1CCC(=O)N(Cc1ccccc1Cl)[C@H](C(=O)NC1CCCCC1)c1ccc(F)cc1. The fourth-order valence-corrected chi connectivity index (χ4v) is 4.95. The van der Waals surface area contributed by atoms with Gasteiger partial charge in [0, 0.05) is 42.5 Å². The standard InChI is InChI=1S/C28H32ClFN4O2/c1-20-15-17-31-34(20)18-16-26(35)33(19-22-7-5-6-10-25(22)29)27(21-11-13-23(30)14-12-21)28(36)32-24-8-3-2-4-9-24/h5-7,10-15,17,24,27H,2-4,8-9,16,18-19H2,1H3,(H,32,36)/t27-/m0/s1. The minimum Gasteiger partial charge on any atom is -0.351 e. The molecule has 0 spiro atoms. The van der Waals surface area contributed by atoms with Crippen molar-refractivity contribution in [3.63, 3.8) is 0 Å². The summed E-state index contributed by atoms with van der Waals surface area (Å²) >= 11 is 6.46. The Balaban J connectivity index is 1.67. The van der Waals surface area contributed by atoms with Crippen molar-refractivity contribution in [2.24, 2.45) is 0 Å². The molecule has 2 aromatic carbocycles. The van der Waals surface area contributed by atoms with E-state index >= 15 is 0 Å². The van der Waals surface area contributed by atoms with Crippen LogP contribution in [0, 0.1) is 12.7 Å². The second-order valence-corrected chi connectivity index (χ2v) is 9.76. The highest BCUT2D eigenvalue weighted by Crippen LogP contribution is 2.28. The first-order valence-corrected chi connectivity index (χ1v) is 12.9. The van der Waals surface area contributed by atoms with E-state index in [1.165, 1.54) is 12.1 Å². The van der Waals surface area contributed by atoms with Crippen molar-refractivity contribution >= 4 is 23.4 Å². The van der Waals surface area contributed by atoms with Gasteiger partial charge >= 0.3 is 0 Å². The molecule has 1 fully saturated rings. The van der Waals surface area contributed by atoms with Crippen LogP contribution in [0.5, 0.6) is 0 Å². The van der Waals surface area contributed by atoms with Crippen molar-refractivity contribution in [3.05, 3.63) is 88.5 Å². The lowest BCUT2D eigenvalue weighted by molar-refractivity contribution is -0.142. The van der Waals surface area contributed by atoms with Crippen LogP contribution >= 0.6 is 11.6 Å². The van der Waals surface area contributed by atoms with Gasteiger partial charge in [-0.1, -0.05) is 61.2 Å². The summed E-state index contributed by atoms with van der Waals surface area (Å²) in [5.74, 6) is -0.870. The number of aromatic nitrogens is 2. The van der Waals surface area contributed by atoms with Crippen LogP contribution in [0.4, 0.5) is 4.39 Å². The van der Waals surface area contributed by atoms with Crippen LogP contribution in [0.15, 0.2) is 60.8 Å². The molecule has 1 aromatic heterocycles. The van der Waals surface area contributed by atoms with E-state index in [-0.39, 0.29) is 30.8 Å². The summed E-state index contributed by atoms with van der Waals surface area (Å²) in [6.07, 6.45) is 6.98. The molecular formula is C28H32ClFN4O2. The highest BCUT2D eigenvalue weighted by molar-refractivity contribution is 6.31. The molecule has 6 nitrogen and oxygen atoms in total. The molecule has 0 aliphatic heterocycles. The Bertz CT molecular complexity index is 1170. The summed E-state index contributed by atoms with van der Waals surface area (Å²) in [5, 5.41) is 7.96. The topological polar surface area (TPSA) is 67.2 Å². The molecule has 0 bridgehead atoms. The highest BCUT2D eigenvalue weighted by atomic mass is 35.5. The number of nitrogens with zero attached hydrogens (tertiary/aromatic N) is 3. The second-order valence-electron chi connectivity index (χ2n) is 9.36. The number of hydrogen-bond donors (Lipinski definition) is 1. The Morgan fingerprint density at radius 3 is 2.50 bits per heavy atom. The van der Waals surface area contributed by atoms with E-state index < -0.39 is 11.9 Å². The third-order valence-corrected chi connectivity index (χ3v) is 7.15. The number of nitrogens with one attached hydrogen (secondary N) is 1. The number of carbonyl (C=O) groups excluding carboxylic acids is 2. The molecule has 1 saturated carbocycles. The molecule has 0 saturated heterocycles. The van der Waals surface area contributed by atoms with Crippen LogP contribution in [0.2, 0.25) is 5.02 Å². The van der Waals surface area contributed by atoms with Crippen molar-refractivity contribution < 1.29 is 14.0 Å². The van der Waals surface area contributed by atoms with Gasteiger partial charge in [-0.3, -0.25) is 14.3 Å². The largest absolute Gasteiger partial charge is 0.351 e. The third kappa shape index (κ3) is 6.52. The monoisotopic (exact) mass is 510 g/mol. The van der Waals surface area contributed by atoms with Gasteiger partial charge in [0.2, 0.25) is 11.8 Å². The first-order chi connectivity index (χ1) is 17.4. The molecule has 190 valence electrons. The predicted octanol–water partition coefficient (Wildman–Crippen LogP) is 5.59. The molecule has 1 aliphatic rings. The number of amides is 2. The highest BCUT2D eigenvalue weighted by Gasteiger charge is 2.33. The molecular weight excluding hydrogens is 479 g/mol. The van der Waals surface area contributed by atoms with Gasteiger partial charge in [-0.05, 0) is 55.2 Å². The average molecular weight is 511 g/mol. The van der Waals surface area contributed by atoms with E-state index in [1.807, 2.05) is 31.2 Å². The summed E-state index contributed by atoms with van der Waals surface area (Å²) in [7, 11) is 0. The van der Waals surface area contributed by atoms with E-state index in [0.29, 0.717) is 17.1 Å². The van der Waals surface area contributed by atoms with Crippen molar-refractivity contribution in [1.29, 1.82) is 0 Å². The van der Waals surface area contributed by atoms with Gasteiger partial charge in [-0.2, -0.15) is 5.10 Å². The first-order valence-electron chi connectivity index (χ1n) is 12.5. The molecule has 1 atom stereocenters. The van der Waals surface area contributed by atoms with Crippen LogP contribution in [0.1, 0.15) is 61.4 Å². The smallest absolute Gasteiger partial charge is 0.247 e. The maximum atomic E-state index is 13.8. The van der Waals surface area contributed by atoms with Gasteiger partial charge in [0.25, 0.3) is 0 Å². The zero-order chi connectivity index (χ0) is 25.5. The summed E-state index contributed by atoms with van der Waals surface area (Å²) in [5.41, 5.74) is 2.24. The van der Waals surface area contributed by atoms with E-state index in [0.717, 1.165) is 43.4 Å². The maximum Gasteiger partial charge on any atom is 0.247 e. The Hall–Kier alpha value is -3.19. The molecule has 1 aliphatic carbocycles. The number of halogens is 2. The lowest BCUT2D eigenvalue weighted by Crippen LogP contribution is -2.47. The normalized spacial score (nSPS) is 14.9. The molecule has 4 rings (SSSR count). The maximum absolute atomic E-state index is 13.8. The summed E-state index contributed by atoms with van der Waals surface area (Å²) in [6, 6.07) is 14.1. The molecule has 1 N–H and O–H groups in total. The van der Waals surface area contributed by atoms with Gasteiger partial charge in [0.1, 0.15) is 11.9 Å². The summed E-state index contributed by atoms with van der Waals surface area (Å²) < 4.78 is 15.6. The van der Waals surface area contributed by atoms with Crippen LogP contribution in [-0.2, 0) is 22.7 Å². The van der Waals surface area contributed by atoms with Crippen molar-refractivity contribution in [3.8, 4) is 0 Å². The van der Waals surface area contributed by atoms with Crippen LogP contribution in [-0.4, -0.2) is 32.5 Å². The molecule has 3 aromatic rings. The fourth-order valence-electron chi connectivity index (χ4n) is 4.76. The fraction of sp³-hybridized carbons (Fsp3) is 0.393. The quantitative estimate of drug-likeness (QED) is 0.408. The molecule has 2 amide bonds. The number of carbonyl (C=O) groups is 2. The zero-order valence-electron chi connectivity index (χ0n) is 20.5. The molecule has 0 unspecified atom stereocenters. The minimum absolute atomic E-state index is 0.0678. The number of rotatable bonds is 9. The van der Waals surface area contributed by atoms with E-state index in [1.54, 1.807) is 34.0 Å².